The smallest absolute Gasteiger partial charge is 0.137 e. The third kappa shape index (κ3) is 3.17. The number of rotatable bonds is 3. The quantitative estimate of drug-likeness (QED) is 0.672. The molecule has 0 bridgehead atoms. The third-order valence-electron chi connectivity index (χ3n) is 3.14. The highest BCUT2D eigenvalue weighted by Crippen LogP contribution is 2.27. The van der Waals surface area contributed by atoms with Gasteiger partial charge >= 0.3 is 0 Å². The molecule has 0 spiro atoms. The van der Waals surface area contributed by atoms with Crippen LogP contribution in [0, 0.1) is 5.82 Å². The second kappa shape index (κ2) is 6.00. The summed E-state index contributed by atoms with van der Waals surface area (Å²) in [5, 5.41) is 4.93. The van der Waals surface area contributed by atoms with Gasteiger partial charge in [-0.1, -0.05) is 23.7 Å². The van der Waals surface area contributed by atoms with Gasteiger partial charge in [-0.05, 0) is 51.8 Å². The van der Waals surface area contributed by atoms with Crippen molar-refractivity contribution in [2.45, 2.75) is 6.54 Å². The van der Waals surface area contributed by atoms with Crippen molar-refractivity contribution in [3.8, 4) is 0 Å². The normalized spacial score (nSPS) is 10.8. The summed E-state index contributed by atoms with van der Waals surface area (Å²) in [6.07, 6.45) is 1.75. The molecule has 0 unspecified atom stereocenters. The van der Waals surface area contributed by atoms with Crippen LogP contribution in [-0.4, -0.2) is 4.98 Å². The van der Waals surface area contributed by atoms with Gasteiger partial charge in [-0.2, -0.15) is 0 Å². The zero-order valence-electron chi connectivity index (χ0n) is 10.9. The van der Waals surface area contributed by atoms with E-state index in [-0.39, 0.29) is 5.82 Å². The number of nitrogens with zero attached hydrogens (tertiary/aromatic N) is 1. The van der Waals surface area contributed by atoms with E-state index >= 15 is 0 Å². The van der Waals surface area contributed by atoms with Gasteiger partial charge in [0.15, 0.2) is 0 Å². The van der Waals surface area contributed by atoms with E-state index in [4.69, 9.17) is 11.6 Å². The summed E-state index contributed by atoms with van der Waals surface area (Å²) in [7, 11) is 0. The number of hydrogen-bond donors (Lipinski definition) is 1. The van der Waals surface area contributed by atoms with Gasteiger partial charge in [0.05, 0.1) is 15.7 Å². The van der Waals surface area contributed by atoms with Crippen LogP contribution in [0.1, 0.15) is 5.56 Å². The van der Waals surface area contributed by atoms with Gasteiger partial charge in [-0.25, -0.2) is 4.39 Å². The molecular formula is C16H11BrClFN2. The molecule has 0 aliphatic rings. The van der Waals surface area contributed by atoms with Crippen LogP contribution < -0.4 is 5.32 Å². The van der Waals surface area contributed by atoms with Gasteiger partial charge in [-0.15, -0.1) is 0 Å². The number of hydrogen-bond acceptors (Lipinski definition) is 2. The number of fused-ring (bicyclic) bond motifs is 1. The Hall–Kier alpha value is -1.65. The van der Waals surface area contributed by atoms with E-state index in [0.29, 0.717) is 16.0 Å². The Bertz CT molecular complexity index is 807. The number of pyridine rings is 1. The molecule has 0 fully saturated rings. The van der Waals surface area contributed by atoms with Crippen molar-refractivity contribution in [3.63, 3.8) is 0 Å². The Morgan fingerprint density at radius 3 is 2.86 bits per heavy atom. The third-order valence-corrected chi connectivity index (χ3v) is 3.96. The largest absolute Gasteiger partial charge is 0.379 e. The molecular weight excluding hydrogens is 355 g/mol. The molecule has 5 heteroatoms. The maximum absolute atomic E-state index is 13.2. The van der Waals surface area contributed by atoms with Crippen molar-refractivity contribution >= 4 is 44.1 Å². The van der Waals surface area contributed by atoms with Crippen LogP contribution in [0.15, 0.2) is 53.1 Å². The maximum atomic E-state index is 13.2. The Labute approximate surface area is 135 Å². The second-order valence-corrected chi connectivity index (χ2v) is 5.92. The molecule has 1 aromatic heterocycles. The number of anilines is 1. The number of aromatic nitrogens is 1. The number of benzene rings is 2. The molecule has 2 nitrogen and oxygen atoms in total. The van der Waals surface area contributed by atoms with Gasteiger partial charge in [-0.3, -0.25) is 4.98 Å². The monoisotopic (exact) mass is 364 g/mol. The first-order chi connectivity index (χ1) is 10.1. The van der Waals surface area contributed by atoms with Crippen LogP contribution in [0.2, 0.25) is 5.02 Å². The summed E-state index contributed by atoms with van der Waals surface area (Å²) in [5.41, 5.74) is 2.69. The van der Waals surface area contributed by atoms with E-state index in [1.54, 1.807) is 18.3 Å². The zero-order valence-corrected chi connectivity index (χ0v) is 13.2. The van der Waals surface area contributed by atoms with E-state index in [1.807, 2.05) is 24.3 Å². The second-order valence-electron chi connectivity index (χ2n) is 4.63. The van der Waals surface area contributed by atoms with Crippen LogP contribution in [0.3, 0.4) is 0 Å². The summed E-state index contributed by atoms with van der Waals surface area (Å²) < 4.78 is 13.7. The van der Waals surface area contributed by atoms with Crippen molar-refractivity contribution in [3.05, 3.63) is 69.5 Å². The lowest BCUT2D eigenvalue weighted by molar-refractivity contribution is 0.620. The lowest BCUT2D eigenvalue weighted by atomic mass is 10.1. The highest BCUT2D eigenvalue weighted by molar-refractivity contribution is 9.10. The Morgan fingerprint density at radius 1 is 1.19 bits per heavy atom. The van der Waals surface area contributed by atoms with E-state index in [1.165, 1.54) is 6.07 Å². The minimum atomic E-state index is -0.270. The maximum Gasteiger partial charge on any atom is 0.137 e. The van der Waals surface area contributed by atoms with E-state index in [9.17, 15) is 4.39 Å². The Balaban J connectivity index is 1.89. The number of halogens is 3. The van der Waals surface area contributed by atoms with Crippen LogP contribution in [-0.2, 0) is 6.54 Å². The standard InChI is InChI=1S/C16H11BrClFN2/c17-13-6-10(3-4-14(13)19)9-21-15-8-12(18)7-11-2-1-5-20-16(11)15/h1-8,21H,9H2. The molecule has 0 saturated heterocycles. The highest BCUT2D eigenvalue weighted by atomic mass is 79.9. The average molecular weight is 366 g/mol. The lowest BCUT2D eigenvalue weighted by Gasteiger charge is -2.10. The van der Waals surface area contributed by atoms with Crippen LogP contribution in [0.5, 0.6) is 0 Å². The SMILES string of the molecule is Fc1ccc(CNc2cc(Cl)cc3cccnc23)cc1Br. The fourth-order valence-corrected chi connectivity index (χ4v) is 2.79. The number of nitrogens with one attached hydrogen (secondary N) is 1. The summed E-state index contributed by atoms with van der Waals surface area (Å²) in [4.78, 5) is 4.38. The summed E-state index contributed by atoms with van der Waals surface area (Å²) in [5.74, 6) is -0.270. The molecule has 1 N–H and O–H groups in total. The highest BCUT2D eigenvalue weighted by Gasteiger charge is 2.05. The molecule has 0 radical (unpaired) electrons. The van der Waals surface area contributed by atoms with Gasteiger partial charge in [0.2, 0.25) is 0 Å². The van der Waals surface area contributed by atoms with Crippen LogP contribution in [0.4, 0.5) is 10.1 Å². The van der Waals surface area contributed by atoms with Gasteiger partial charge in [0.1, 0.15) is 5.82 Å². The topological polar surface area (TPSA) is 24.9 Å². The molecule has 0 aliphatic carbocycles. The van der Waals surface area contributed by atoms with Crippen molar-refractivity contribution in [2.24, 2.45) is 0 Å². The summed E-state index contributed by atoms with van der Waals surface area (Å²) in [6.45, 7) is 0.560. The fraction of sp³-hybridized carbons (Fsp3) is 0.0625. The van der Waals surface area contributed by atoms with Gasteiger partial charge in [0, 0.05) is 23.2 Å². The molecule has 21 heavy (non-hydrogen) atoms. The average Bonchev–Trinajstić information content (AvgIpc) is 2.48. The first-order valence-electron chi connectivity index (χ1n) is 6.35. The van der Waals surface area contributed by atoms with Crippen LogP contribution in [0.25, 0.3) is 10.9 Å². The summed E-state index contributed by atoms with van der Waals surface area (Å²) >= 11 is 9.31. The van der Waals surface area contributed by atoms with E-state index < -0.39 is 0 Å². The predicted molar refractivity (Wildman–Crippen MR) is 88.2 cm³/mol. The lowest BCUT2D eigenvalue weighted by Crippen LogP contribution is -2.01. The van der Waals surface area contributed by atoms with Crippen molar-refractivity contribution < 1.29 is 4.39 Å². The first kappa shape index (κ1) is 14.3. The van der Waals surface area contributed by atoms with Crippen LogP contribution >= 0.6 is 27.5 Å². The molecule has 3 rings (SSSR count). The minimum absolute atomic E-state index is 0.270. The zero-order chi connectivity index (χ0) is 14.8. The van der Waals surface area contributed by atoms with Crippen molar-refractivity contribution in [1.29, 1.82) is 0 Å². The molecule has 2 aromatic carbocycles. The Kier molecular flexibility index (Phi) is 4.08. The molecule has 0 atom stereocenters. The summed E-state index contributed by atoms with van der Waals surface area (Å²) in [6, 6.07) is 12.5. The molecule has 3 aromatic rings. The molecule has 0 aliphatic heterocycles. The van der Waals surface area contributed by atoms with Gasteiger partial charge < -0.3 is 5.32 Å². The molecule has 0 saturated carbocycles. The first-order valence-corrected chi connectivity index (χ1v) is 7.52. The minimum Gasteiger partial charge on any atom is -0.379 e. The molecule has 0 amide bonds. The van der Waals surface area contributed by atoms with E-state index in [2.05, 4.69) is 26.2 Å². The van der Waals surface area contributed by atoms with Crippen molar-refractivity contribution in [2.75, 3.05) is 5.32 Å². The predicted octanol–water partition coefficient (Wildman–Crippen LogP) is 5.40. The van der Waals surface area contributed by atoms with Gasteiger partial charge in [0.25, 0.3) is 0 Å². The fourth-order valence-electron chi connectivity index (χ4n) is 2.14. The Morgan fingerprint density at radius 2 is 2.05 bits per heavy atom. The van der Waals surface area contributed by atoms with Crippen molar-refractivity contribution in [1.82, 2.24) is 4.98 Å². The molecule has 106 valence electrons. The van der Waals surface area contributed by atoms with E-state index in [0.717, 1.165) is 22.2 Å². The molecule has 1 heterocycles.